The monoisotopic (exact) mass is 286 g/mol. The van der Waals surface area contributed by atoms with E-state index in [1.807, 2.05) is 13.8 Å². The normalized spacial score (nSPS) is 12.7. The van der Waals surface area contributed by atoms with Crippen LogP contribution in [0, 0.1) is 0 Å². The maximum absolute atomic E-state index is 5.91. The number of halogens is 2. The molecule has 0 bridgehead atoms. The fourth-order valence-electron chi connectivity index (χ4n) is 1.26. The SMILES string of the molecule is CCCOC(N)=CC(C)=Nc1ccc(Cl)c(Cl)c1. The molecule has 0 aromatic heterocycles. The quantitative estimate of drug-likeness (QED) is 0.648. The first-order chi connectivity index (χ1) is 8.52. The van der Waals surface area contributed by atoms with Crippen LogP contribution in [-0.4, -0.2) is 12.3 Å². The molecule has 0 radical (unpaired) electrons. The van der Waals surface area contributed by atoms with Gasteiger partial charge in [0.05, 0.1) is 22.3 Å². The van der Waals surface area contributed by atoms with E-state index in [-0.39, 0.29) is 0 Å². The summed E-state index contributed by atoms with van der Waals surface area (Å²) in [6.45, 7) is 4.46. The summed E-state index contributed by atoms with van der Waals surface area (Å²) >= 11 is 11.7. The van der Waals surface area contributed by atoms with Crippen molar-refractivity contribution in [2.75, 3.05) is 6.61 Å². The lowest BCUT2D eigenvalue weighted by Gasteiger charge is -2.04. The van der Waals surface area contributed by atoms with Crippen molar-refractivity contribution in [2.24, 2.45) is 10.7 Å². The highest BCUT2D eigenvalue weighted by Crippen LogP contribution is 2.26. The zero-order valence-corrected chi connectivity index (χ0v) is 11.9. The zero-order chi connectivity index (χ0) is 13.5. The number of benzene rings is 1. The molecule has 98 valence electrons. The molecule has 0 saturated heterocycles. The van der Waals surface area contributed by atoms with E-state index in [2.05, 4.69) is 4.99 Å². The van der Waals surface area contributed by atoms with Crippen LogP contribution in [0.1, 0.15) is 20.3 Å². The summed E-state index contributed by atoms with van der Waals surface area (Å²) in [5.41, 5.74) is 7.14. The molecular formula is C13H16Cl2N2O. The first-order valence-electron chi connectivity index (χ1n) is 5.63. The van der Waals surface area contributed by atoms with Crippen molar-refractivity contribution in [2.45, 2.75) is 20.3 Å². The number of hydrogen-bond acceptors (Lipinski definition) is 3. The Balaban J connectivity index is 2.79. The predicted molar refractivity (Wildman–Crippen MR) is 77.7 cm³/mol. The van der Waals surface area contributed by atoms with Crippen molar-refractivity contribution in [3.63, 3.8) is 0 Å². The molecule has 18 heavy (non-hydrogen) atoms. The summed E-state index contributed by atoms with van der Waals surface area (Å²) < 4.78 is 5.25. The van der Waals surface area contributed by atoms with Crippen LogP contribution in [0.2, 0.25) is 10.0 Å². The molecule has 0 unspecified atom stereocenters. The van der Waals surface area contributed by atoms with Crippen molar-refractivity contribution in [3.8, 4) is 0 Å². The van der Waals surface area contributed by atoms with Gasteiger partial charge in [0.15, 0.2) is 5.88 Å². The van der Waals surface area contributed by atoms with Gasteiger partial charge in [-0.15, -0.1) is 0 Å². The average Bonchev–Trinajstić information content (AvgIpc) is 2.31. The molecule has 0 aliphatic carbocycles. The standard InChI is InChI=1S/C13H16Cl2N2O/c1-3-6-18-13(16)7-9(2)17-10-4-5-11(14)12(15)8-10/h4-5,7-8H,3,6,16H2,1-2H3. The Kier molecular flexibility index (Phi) is 6.02. The summed E-state index contributed by atoms with van der Waals surface area (Å²) in [5.74, 6) is 0.359. The molecule has 3 nitrogen and oxygen atoms in total. The van der Waals surface area contributed by atoms with E-state index in [1.54, 1.807) is 24.3 Å². The van der Waals surface area contributed by atoms with Crippen LogP contribution in [0.3, 0.4) is 0 Å². The molecule has 0 heterocycles. The summed E-state index contributed by atoms with van der Waals surface area (Å²) in [5, 5.41) is 0.986. The molecule has 0 saturated carbocycles. The van der Waals surface area contributed by atoms with Gasteiger partial charge in [0.1, 0.15) is 0 Å². The smallest absolute Gasteiger partial charge is 0.185 e. The summed E-state index contributed by atoms with van der Waals surface area (Å²) in [7, 11) is 0. The third-order valence-electron chi connectivity index (χ3n) is 2.03. The highest BCUT2D eigenvalue weighted by atomic mass is 35.5. The minimum atomic E-state index is 0.359. The second-order valence-corrected chi connectivity index (χ2v) is 4.56. The van der Waals surface area contributed by atoms with Crippen molar-refractivity contribution in [1.29, 1.82) is 0 Å². The Morgan fingerprint density at radius 1 is 1.39 bits per heavy atom. The zero-order valence-electron chi connectivity index (χ0n) is 10.4. The third-order valence-corrected chi connectivity index (χ3v) is 2.77. The van der Waals surface area contributed by atoms with Crippen LogP contribution < -0.4 is 5.73 Å². The third kappa shape index (κ3) is 4.98. The van der Waals surface area contributed by atoms with Crippen molar-refractivity contribution >= 4 is 34.6 Å². The summed E-state index contributed by atoms with van der Waals surface area (Å²) in [6, 6.07) is 5.19. The van der Waals surface area contributed by atoms with Gasteiger partial charge in [0, 0.05) is 11.8 Å². The second kappa shape index (κ2) is 7.29. The van der Waals surface area contributed by atoms with Gasteiger partial charge in [0.2, 0.25) is 0 Å². The van der Waals surface area contributed by atoms with Crippen molar-refractivity contribution in [3.05, 3.63) is 40.2 Å². The Hall–Kier alpha value is -1.19. The van der Waals surface area contributed by atoms with Crippen molar-refractivity contribution < 1.29 is 4.74 Å². The van der Waals surface area contributed by atoms with E-state index in [4.69, 9.17) is 33.7 Å². The minimum absolute atomic E-state index is 0.359. The lowest BCUT2D eigenvalue weighted by Crippen LogP contribution is -2.05. The predicted octanol–water partition coefficient (Wildman–Crippen LogP) is 4.31. The first kappa shape index (κ1) is 14.9. The fourth-order valence-corrected chi connectivity index (χ4v) is 1.55. The Morgan fingerprint density at radius 3 is 2.72 bits per heavy atom. The summed E-state index contributed by atoms with van der Waals surface area (Å²) in [4.78, 5) is 4.35. The summed E-state index contributed by atoms with van der Waals surface area (Å²) in [6.07, 6.45) is 2.59. The number of allylic oxidation sites excluding steroid dienone is 1. The lowest BCUT2D eigenvalue weighted by molar-refractivity contribution is 0.210. The molecule has 1 aromatic rings. The first-order valence-corrected chi connectivity index (χ1v) is 6.39. The van der Waals surface area contributed by atoms with Crippen LogP contribution in [0.25, 0.3) is 0 Å². The average molecular weight is 287 g/mol. The number of hydrogen-bond donors (Lipinski definition) is 1. The number of ether oxygens (including phenoxy) is 1. The van der Waals surface area contributed by atoms with Crippen LogP contribution in [0.15, 0.2) is 35.2 Å². The van der Waals surface area contributed by atoms with Crippen LogP contribution in [-0.2, 0) is 4.74 Å². The number of rotatable bonds is 5. The molecule has 0 amide bonds. The van der Waals surface area contributed by atoms with E-state index < -0.39 is 0 Å². The number of nitrogens with zero attached hydrogens (tertiary/aromatic N) is 1. The second-order valence-electron chi connectivity index (χ2n) is 3.75. The van der Waals surface area contributed by atoms with Crippen molar-refractivity contribution in [1.82, 2.24) is 0 Å². The molecule has 1 rings (SSSR count). The van der Waals surface area contributed by atoms with E-state index in [9.17, 15) is 0 Å². The van der Waals surface area contributed by atoms with Gasteiger partial charge in [-0.1, -0.05) is 30.1 Å². The van der Waals surface area contributed by atoms with Gasteiger partial charge in [-0.05, 0) is 31.5 Å². The molecule has 2 N–H and O–H groups in total. The van der Waals surface area contributed by atoms with Gasteiger partial charge >= 0.3 is 0 Å². The largest absolute Gasteiger partial charge is 0.479 e. The fraction of sp³-hybridized carbons (Fsp3) is 0.308. The number of aliphatic imine (C=N–C) groups is 1. The topological polar surface area (TPSA) is 47.6 Å². The van der Waals surface area contributed by atoms with E-state index in [0.29, 0.717) is 22.5 Å². The van der Waals surface area contributed by atoms with Gasteiger partial charge in [0.25, 0.3) is 0 Å². The molecule has 0 aliphatic heterocycles. The number of nitrogens with two attached hydrogens (primary N) is 1. The van der Waals surface area contributed by atoms with E-state index >= 15 is 0 Å². The molecule has 1 aromatic carbocycles. The highest BCUT2D eigenvalue weighted by Gasteiger charge is 1.99. The van der Waals surface area contributed by atoms with Gasteiger partial charge in [-0.3, -0.25) is 4.99 Å². The Morgan fingerprint density at radius 2 is 2.11 bits per heavy atom. The molecule has 0 fully saturated rings. The van der Waals surface area contributed by atoms with Gasteiger partial charge < -0.3 is 10.5 Å². The van der Waals surface area contributed by atoms with Crippen LogP contribution >= 0.6 is 23.2 Å². The minimum Gasteiger partial charge on any atom is -0.479 e. The highest BCUT2D eigenvalue weighted by molar-refractivity contribution is 6.42. The molecule has 0 aliphatic rings. The van der Waals surface area contributed by atoms with E-state index in [0.717, 1.165) is 17.8 Å². The van der Waals surface area contributed by atoms with Crippen LogP contribution in [0.4, 0.5) is 5.69 Å². The maximum atomic E-state index is 5.91. The van der Waals surface area contributed by atoms with E-state index in [1.165, 1.54) is 0 Å². The Bertz CT molecular complexity index is 470. The lowest BCUT2D eigenvalue weighted by atomic mass is 10.3. The molecule has 5 heteroatoms. The van der Waals surface area contributed by atoms with Gasteiger partial charge in [-0.2, -0.15) is 0 Å². The molecule has 0 atom stereocenters. The Labute approximate surface area is 117 Å². The maximum Gasteiger partial charge on any atom is 0.185 e. The molecular weight excluding hydrogens is 271 g/mol. The van der Waals surface area contributed by atoms with Gasteiger partial charge in [-0.25, -0.2) is 0 Å². The van der Waals surface area contributed by atoms with Crippen LogP contribution in [0.5, 0.6) is 0 Å². The molecule has 0 spiro atoms.